The molecule has 3 aliphatic heterocycles. The van der Waals surface area contributed by atoms with Crippen molar-refractivity contribution in [3.63, 3.8) is 0 Å². The van der Waals surface area contributed by atoms with E-state index in [9.17, 15) is 0 Å². The van der Waals surface area contributed by atoms with Gasteiger partial charge in [0.1, 0.15) is 0 Å². The summed E-state index contributed by atoms with van der Waals surface area (Å²) in [6.45, 7) is 0. The molecule has 0 saturated heterocycles. The quantitative estimate of drug-likeness (QED) is 0.104. The maximum absolute atomic E-state index is 5.86. The summed E-state index contributed by atoms with van der Waals surface area (Å²) < 4.78 is 0. The molecule has 6 heteroatoms. The van der Waals surface area contributed by atoms with E-state index in [0.717, 1.165) is 179 Å². The van der Waals surface area contributed by atoms with E-state index in [-0.39, 0.29) is 0 Å². The summed E-state index contributed by atoms with van der Waals surface area (Å²) in [5, 5.41) is 9.17. The van der Waals surface area contributed by atoms with Crippen molar-refractivity contribution in [2.24, 2.45) is 30.0 Å². The largest absolute Gasteiger partial charge is 0.247 e. The van der Waals surface area contributed by atoms with Gasteiger partial charge in [0, 0.05) is 66.8 Å². The van der Waals surface area contributed by atoms with Crippen molar-refractivity contribution in [2.75, 3.05) is 0 Å². The Morgan fingerprint density at radius 3 is 0.574 bits per heavy atom. The molecule has 0 aliphatic carbocycles. The minimum absolute atomic E-state index is 0.880. The minimum atomic E-state index is 0.880. The number of hydrogen-bond donors (Lipinski definition) is 0. The normalized spacial score (nSPS) is 12.3. The lowest BCUT2D eigenvalue weighted by Crippen LogP contribution is -2.11. The fraction of sp³-hybridized carbons (Fsp3) is 0. The Morgan fingerprint density at radius 1 is 0.0878 bits per heavy atom. The van der Waals surface area contributed by atoms with Crippen LogP contribution in [0, 0.1) is 0 Å². The molecule has 0 N–H and O–H groups in total. The van der Waals surface area contributed by atoms with E-state index in [4.69, 9.17) is 30.0 Å². The highest BCUT2D eigenvalue weighted by molar-refractivity contribution is 6.31. The molecule has 0 radical (unpaired) electrons. The van der Waals surface area contributed by atoms with Gasteiger partial charge in [-0.05, 0) is 193 Å². The molecule has 24 aromatic carbocycles. The molecule has 24 aromatic rings. The van der Waals surface area contributed by atoms with Crippen LogP contribution in [-0.2, 0) is 0 Å². The van der Waals surface area contributed by atoms with Crippen molar-refractivity contribution >= 4 is 111 Å². The highest BCUT2D eigenvalue weighted by Crippen LogP contribution is 2.46. The van der Waals surface area contributed by atoms with E-state index in [1.807, 2.05) is 48.5 Å². The van der Waals surface area contributed by atoms with Crippen LogP contribution >= 0.6 is 0 Å². The van der Waals surface area contributed by atoms with Crippen LogP contribution in [0.4, 0.5) is 34.1 Å². The molecule has 27 rings (SSSR count). The first kappa shape index (κ1) is 89.7. The topological polar surface area (TPSA) is 74.2 Å². The lowest BCUT2D eigenvalue weighted by molar-refractivity contribution is 1.39. The average molecular weight is 1880 g/mol. The van der Waals surface area contributed by atoms with Crippen LogP contribution < -0.4 is 0 Å². The van der Waals surface area contributed by atoms with E-state index < -0.39 is 0 Å². The van der Waals surface area contributed by atoms with E-state index in [1.54, 1.807) is 0 Å². The number of benzene rings is 24. The zero-order valence-electron chi connectivity index (χ0n) is 81.0. The molecule has 0 aromatic heterocycles. The molecule has 0 saturated carbocycles. The molecular weight excluding hydrogens is 1790 g/mol. The van der Waals surface area contributed by atoms with E-state index in [0.29, 0.717) is 0 Å². The third-order valence-corrected chi connectivity index (χ3v) is 28.2. The summed E-state index contributed by atoms with van der Waals surface area (Å²) in [6.07, 6.45) is 0. The van der Waals surface area contributed by atoms with Crippen molar-refractivity contribution in [1.82, 2.24) is 0 Å². The van der Waals surface area contributed by atoms with Gasteiger partial charge in [0.05, 0.1) is 68.4 Å². The van der Waals surface area contributed by atoms with Crippen LogP contribution in [0.3, 0.4) is 0 Å². The molecule has 0 bridgehead atoms. The van der Waals surface area contributed by atoms with Gasteiger partial charge in [0.15, 0.2) is 0 Å². The number of rotatable bonds is 14. The number of fused-ring (bicyclic) bond motifs is 10. The van der Waals surface area contributed by atoms with Gasteiger partial charge < -0.3 is 0 Å². The van der Waals surface area contributed by atoms with Crippen LogP contribution in [-0.4, -0.2) is 34.3 Å². The Morgan fingerprint density at radius 2 is 0.277 bits per heavy atom. The highest BCUT2D eigenvalue weighted by Gasteiger charge is 2.28. The van der Waals surface area contributed by atoms with Crippen LogP contribution in [0.2, 0.25) is 0 Å². The highest BCUT2D eigenvalue weighted by atomic mass is 14.9. The summed E-state index contributed by atoms with van der Waals surface area (Å²) in [4.78, 5) is 33.0. The predicted molar refractivity (Wildman–Crippen MR) is 623 cm³/mol. The molecule has 148 heavy (non-hydrogen) atoms. The summed E-state index contributed by atoms with van der Waals surface area (Å²) >= 11 is 0. The van der Waals surface area contributed by atoms with Gasteiger partial charge in [-0.15, -0.1) is 0 Å². The second kappa shape index (κ2) is 40.4. The molecular formula is C142H94N6. The summed E-state index contributed by atoms with van der Waals surface area (Å²) in [5.74, 6) is 0. The van der Waals surface area contributed by atoms with Gasteiger partial charge in [0.2, 0.25) is 0 Å². The van der Waals surface area contributed by atoms with Gasteiger partial charge in [-0.1, -0.05) is 510 Å². The standard InChI is InChI=1S/C66H42N2.2C38H26N2/c1-3-15-43(16-4-1)45-31-35-47(36-32-45)53-23-11-27-57-55(53)25-13-29-59(57)65-61-39-49-19-7-9-21-51(49)41-63(61)68-66(62-40-50-20-8-10-22-52(50)42-64(62)67-65)60-30-14-26-56-54(24-12-28-58(56)60)48-37-33-46(34-38-48)44-17-5-2-6-18-44;1-3-13-27(14-4-1)29-17-11-19-31(25-29)37-33-21-7-9-23-35(33)40-38(34-22-8-10-24-36(34)39-37)32-20-12-18-30(26-32)28-15-5-2-6-16-28;1-3-11-27(12-4-1)29-19-23-31(24-20-29)37-33-15-7-9-17-35(33)40-38(34-16-8-10-18-36(34)39-37)32-25-21-30(22-26-32)28-13-5-2-6-14-28/h1-42H;2*1-26H. The molecule has 0 fully saturated rings. The SMILES string of the molecule is c1ccc(-c2ccc(-c3cccc4c(C5=Nc6cc7ccccc7cc6C(c6cccc7c(-c8ccc(-c9ccccc9)cc8)cccc67)=Nc6cc7ccccc7cc65)cccc34)cc2)cc1.c1ccc(-c2ccc(C3=Nc4ccccc4C(c4ccc(-c5ccccc5)cc4)=Nc4ccccc43)cc2)cc1.c1ccc(-c2cccc(C3=Nc4ccccc4C(c4cccc(-c5ccccc5)c4)=Nc4ccccc43)c2)cc1. The van der Waals surface area contributed by atoms with Crippen LogP contribution in [0.1, 0.15) is 66.8 Å². The number of para-hydroxylation sites is 4. The third-order valence-electron chi connectivity index (χ3n) is 28.2. The summed E-state index contributed by atoms with van der Waals surface area (Å²) in [6, 6.07) is 202. The fourth-order valence-corrected chi connectivity index (χ4v) is 20.8. The molecule has 0 amide bonds. The van der Waals surface area contributed by atoms with Crippen LogP contribution in [0.25, 0.3) is 132 Å². The van der Waals surface area contributed by atoms with Gasteiger partial charge in [0.25, 0.3) is 0 Å². The molecule has 692 valence electrons. The Hall–Kier alpha value is -19.7. The molecule has 0 atom stereocenters. The summed E-state index contributed by atoms with van der Waals surface area (Å²) in [5.41, 5.74) is 42.3. The smallest absolute Gasteiger partial charge is 0.0809 e. The first-order chi connectivity index (χ1) is 73.4. The van der Waals surface area contributed by atoms with Crippen LogP contribution in [0.5, 0.6) is 0 Å². The van der Waals surface area contributed by atoms with Gasteiger partial charge in [-0.25, -0.2) is 30.0 Å². The minimum Gasteiger partial charge on any atom is -0.247 e. The third kappa shape index (κ3) is 18.2. The van der Waals surface area contributed by atoms with Crippen molar-refractivity contribution in [3.8, 4) is 89.0 Å². The monoisotopic (exact) mass is 1880 g/mol. The fourth-order valence-electron chi connectivity index (χ4n) is 20.8. The molecule has 0 unspecified atom stereocenters. The van der Waals surface area contributed by atoms with E-state index >= 15 is 0 Å². The lowest BCUT2D eigenvalue weighted by atomic mass is 9.88. The van der Waals surface area contributed by atoms with E-state index in [1.165, 1.54) is 88.7 Å². The summed E-state index contributed by atoms with van der Waals surface area (Å²) in [7, 11) is 0. The second-order valence-electron chi connectivity index (χ2n) is 37.3. The zero-order chi connectivity index (χ0) is 98.4. The number of nitrogens with zero attached hydrogens (tertiary/aromatic N) is 6. The maximum atomic E-state index is 5.86. The number of aliphatic imine (C=N–C) groups is 6. The number of hydrogen-bond acceptors (Lipinski definition) is 6. The molecule has 6 nitrogen and oxygen atoms in total. The van der Waals surface area contributed by atoms with E-state index in [2.05, 4.69) is 522 Å². The Kier molecular flexibility index (Phi) is 24.5. The van der Waals surface area contributed by atoms with Crippen molar-refractivity contribution in [3.05, 3.63) is 637 Å². The Balaban J connectivity index is 0.000000123. The molecule has 0 spiro atoms. The van der Waals surface area contributed by atoms with Crippen molar-refractivity contribution in [1.29, 1.82) is 0 Å². The van der Waals surface area contributed by atoms with Crippen LogP contribution in [0.15, 0.2) is 600 Å². The average Bonchev–Trinajstić information content (AvgIpc) is 0.735. The first-order valence-electron chi connectivity index (χ1n) is 50.3. The predicted octanol–water partition coefficient (Wildman–Crippen LogP) is 37.0. The maximum Gasteiger partial charge on any atom is 0.0809 e. The molecule has 3 heterocycles. The van der Waals surface area contributed by atoms with Gasteiger partial charge >= 0.3 is 0 Å². The lowest BCUT2D eigenvalue weighted by Gasteiger charge is -2.21. The van der Waals surface area contributed by atoms with Crippen molar-refractivity contribution < 1.29 is 0 Å². The van der Waals surface area contributed by atoms with Gasteiger partial charge in [-0.2, -0.15) is 0 Å². The first-order valence-corrected chi connectivity index (χ1v) is 50.3. The Labute approximate surface area is 861 Å². The Bertz CT molecular complexity index is 8810. The molecule has 3 aliphatic rings. The van der Waals surface area contributed by atoms with Crippen molar-refractivity contribution in [2.45, 2.75) is 0 Å². The van der Waals surface area contributed by atoms with Gasteiger partial charge in [-0.3, -0.25) is 0 Å². The zero-order valence-corrected chi connectivity index (χ0v) is 81.0. The second-order valence-corrected chi connectivity index (χ2v) is 37.3.